The molecule has 5 nitrogen and oxygen atoms in total. The van der Waals surface area contributed by atoms with Crippen LogP contribution in [-0.2, 0) is 4.79 Å². The van der Waals surface area contributed by atoms with E-state index in [1.54, 1.807) is 26.8 Å². The van der Waals surface area contributed by atoms with Crippen molar-refractivity contribution in [3.8, 4) is 0 Å². The number of halogens is 1. The van der Waals surface area contributed by atoms with Crippen molar-refractivity contribution in [3.63, 3.8) is 0 Å². The highest BCUT2D eigenvalue weighted by Crippen LogP contribution is 2.09. The van der Waals surface area contributed by atoms with Crippen molar-refractivity contribution < 1.29 is 19.1 Å². The zero-order valence-electron chi connectivity index (χ0n) is 12.4. The van der Waals surface area contributed by atoms with Crippen LogP contribution in [0.3, 0.4) is 0 Å². The fraction of sp³-hybridized carbons (Fsp3) is 0.467. The van der Waals surface area contributed by atoms with Crippen molar-refractivity contribution in [2.75, 3.05) is 6.54 Å². The van der Waals surface area contributed by atoms with E-state index >= 15 is 0 Å². The second-order valence-corrected chi connectivity index (χ2v) is 5.27. The van der Waals surface area contributed by atoms with E-state index in [0.717, 1.165) is 0 Å². The highest BCUT2D eigenvalue weighted by atomic mass is 19.1. The van der Waals surface area contributed by atoms with Crippen LogP contribution in [0.1, 0.15) is 31.1 Å². The molecular formula is C15H21FN2O3. The monoisotopic (exact) mass is 296 g/mol. The van der Waals surface area contributed by atoms with Crippen LogP contribution in [0.5, 0.6) is 0 Å². The van der Waals surface area contributed by atoms with Crippen LogP contribution in [0.15, 0.2) is 24.3 Å². The van der Waals surface area contributed by atoms with Crippen LogP contribution < -0.4 is 10.6 Å². The minimum atomic E-state index is -0.796. The molecule has 2 amide bonds. The van der Waals surface area contributed by atoms with Gasteiger partial charge >= 0.3 is 0 Å². The van der Waals surface area contributed by atoms with Crippen LogP contribution in [0.25, 0.3) is 0 Å². The average molecular weight is 296 g/mol. The van der Waals surface area contributed by atoms with Crippen molar-refractivity contribution in [1.82, 2.24) is 10.6 Å². The summed E-state index contributed by atoms with van der Waals surface area (Å²) < 4.78 is 13.6. The largest absolute Gasteiger partial charge is 0.392 e. The van der Waals surface area contributed by atoms with Crippen molar-refractivity contribution >= 4 is 11.8 Å². The Bertz CT molecular complexity index is 503. The van der Waals surface area contributed by atoms with E-state index < -0.39 is 29.8 Å². The summed E-state index contributed by atoms with van der Waals surface area (Å²) in [6.07, 6.45) is -0.677. The van der Waals surface area contributed by atoms with Crippen LogP contribution >= 0.6 is 0 Å². The van der Waals surface area contributed by atoms with Crippen LogP contribution in [-0.4, -0.2) is 35.6 Å². The molecule has 0 saturated heterocycles. The summed E-state index contributed by atoms with van der Waals surface area (Å²) in [5, 5.41) is 14.2. The van der Waals surface area contributed by atoms with Gasteiger partial charge in [-0.3, -0.25) is 9.59 Å². The molecule has 1 rings (SSSR count). The smallest absolute Gasteiger partial charge is 0.254 e. The molecule has 0 aliphatic heterocycles. The maximum absolute atomic E-state index is 13.6. The maximum Gasteiger partial charge on any atom is 0.254 e. The molecule has 0 spiro atoms. The summed E-state index contributed by atoms with van der Waals surface area (Å²) in [5.41, 5.74) is -0.105. The quantitative estimate of drug-likeness (QED) is 0.735. The first kappa shape index (κ1) is 17.1. The Hall–Kier alpha value is -1.95. The first-order valence-electron chi connectivity index (χ1n) is 6.84. The first-order valence-corrected chi connectivity index (χ1v) is 6.84. The lowest BCUT2D eigenvalue weighted by molar-refractivity contribution is -0.124. The summed E-state index contributed by atoms with van der Waals surface area (Å²) in [4.78, 5) is 24.1. The fourth-order valence-electron chi connectivity index (χ4n) is 1.76. The summed E-state index contributed by atoms with van der Waals surface area (Å²) in [5.74, 6) is -1.86. The predicted molar refractivity (Wildman–Crippen MR) is 77.2 cm³/mol. The molecule has 1 aromatic carbocycles. The molecule has 0 saturated carbocycles. The molecule has 0 bridgehead atoms. The van der Waals surface area contributed by atoms with E-state index in [9.17, 15) is 14.0 Å². The Balaban J connectivity index is 2.77. The van der Waals surface area contributed by atoms with E-state index in [2.05, 4.69) is 10.6 Å². The zero-order chi connectivity index (χ0) is 16.0. The Labute approximate surface area is 123 Å². The Morgan fingerprint density at radius 1 is 1.24 bits per heavy atom. The SMILES string of the molecule is CC(O)CNC(=O)C(NC(=O)c1ccccc1F)C(C)C. The molecule has 6 heteroatoms. The molecule has 2 unspecified atom stereocenters. The third kappa shape index (κ3) is 5.15. The molecule has 0 heterocycles. The number of hydrogen-bond acceptors (Lipinski definition) is 3. The Morgan fingerprint density at radius 3 is 2.38 bits per heavy atom. The van der Waals surface area contributed by atoms with Gasteiger partial charge < -0.3 is 15.7 Å². The molecule has 116 valence electrons. The number of carbonyl (C=O) groups excluding carboxylic acids is 2. The van der Waals surface area contributed by atoms with Gasteiger partial charge in [0, 0.05) is 6.54 Å². The van der Waals surface area contributed by atoms with Gasteiger partial charge in [0.05, 0.1) is 11.7 Å². The van der Waals surface area contributed by atoms with E-state index in [4.69, 9.17) is 5.11 Å². The topological polar surface area (TPSA) is 78.4 Å². The summed E-state index contributed by atoms with van der Waals surface area (Å²) in [7, 11) is 0. The first-order chi connectivity index (χ1) is 9.82. The van der Waals surface area contributed by atoms with Crippen molar-refractivity contribution in [2.45, 2.75) is 32.9 Å². The summed E-state index contributed by atoms with van der Waals surface area (Å²) >= 11 is 0. The number of amides is 2. The number of nitrogens with one attached hydrogen (secondary N) is 2. The minimum Gasteiger partial charge on any atom is -0.392 e. The maximum atomic E-state index is 13.6. The number of aliphatic hydroxyl groups excluding tert-OH is 1. The Morgan fingerprint density at radius 2 is 1.86 bits per heavy atom. The van der Waals surface area contributed by atoms with Gasteiger partial charge in [-0.2, -0.15) is 0 Å². The second-order valence-electron chi connectivity index (χ2n) is 5.27. The molecule has 0 aliphatic rings. The Kier molecular flexibility index (Phi) is 6.30. The van der Waals surface area contributed by atoms with Crippen LogP contribution in [0, 0.1) is 11.7 Å². The van der Waals surface area contributed by atoms with Crippen LogP contribution in [0.2, 0.25) is 0 Å². The van der Waals surface area contributed by atoms with E-state index in [1.807, 2.05) is 0 Å². The third-order valence-corrected chi connectivity index (χ3v) is 2.93. The third-order valence-electron chi connectivity index (χ3n) is 2.93. The highest BCUT2D eigenvalue weighted by molar-refractivity contribution is 5.97. The fourth-order valence-corrected chi connectivity index (χ4v) is 1.76. The van der Waals surface area contributed by atoms with Gasteiger partial charge in [0.1, 0.15) is 11.9 Å². The zero-order valence-corrected chi connectivity index (χ0v) is 12.4. The molecule has 0 aromatic heterocycles. The lowest BCUT2D eigenvalue weighted by atomic mass is 10.0. The van der Waals surface area contributed by atoms with Gasteiger partial charge in [0.15, 0.2) is 0 Å². The van der Waals surface area contributed by atoms with E-state index in [0.29, 0.717) is 0 Å². The summed E-state index contributed by atoms with van der Waals surface area (Å²) in [6, 6.07) is 4.79. The van der Waals surface area contributed by atoms with E-state index in [-0.39, 0.29) is 18.0 Å². The van der Waals surface area contributed by atoms with Crippen LogP contribution in [0.4, 0.5) is 4.39 Å². The van der Waals surface area contributed by atoms with Crippen molar-refractivity contribution in [3.05, 3.63) is 35.6 Å². The van der Waals surface area contributed by atoms with Crippen molar-refractivity contribution in [2.24, 2.45) is 5.92 Å². The highest BCUT2D eigenvalue weighted by Gasteiger charge is 2.25. The lowest BCUT2D eigenvalue weighted by Gasteiger charge is -2.22. The predicted octanol–water partition coefficient (Wildman–Crippen LogP) is 1.08. The lowest BCUT2D eigenvalue weighted by Crippen LogP contribution is -2.50. The van der Waals surface area contributed by atoms with Gasteiger partial charge in [-0.1, -0.05) is 26.0 Å². The normalized spacial score (nSPS) is 13.6. The van der Waals surface area contributed by atoms with E-state index in [1.165, 1.54) is 18.2 Å². The number of aliphatic hydroxyl groups is 1. The molecule has 2 atom stereocenters. The van der Waals surface area contributed by atoms with Gasteiger partial charge in [-0.15, -0.1) is 0 Å². The van der Waals surface area contributed by atoms with Gasteiger partial charge in [0.25, 0.3) is 5.91 Å². The second kappa shape index (κ2) is 7.73. The molecule has 0 aliphatic carbocycles. The molecule has 21 heavy (non-hydrogen) atoms. The molecule has 0 radical (unpaired) electrons. The molecule has 1 aromatic rings. The van der Waals surface area contributed by atoms with Gasteiger partial charge in [-0.05, 0) is 25.0 Å². The standard InChI is InChI=1S/C15H21FN2O3/c1-9(2)13(15(21)17-8-10(3)19)18-14(20)11-6-4-5-7-12(11)16/h4-7,9-10,13,19H,8H2,1-3H3,(H,17,21)(H,18,20). The minimum absolute atomic E-state index is 0.0949. The number of carbonyl (C=O) groups is 2. The molecule has 0 fully saturated rings. The average Bonchev–Trinajstić information content (AvgIpc) is 2.42. The van der Waals surface area contributed by atoms with Crippen molar-refractivity contribution in [1.29, 1.82) is 0 Å². The summed E-state index contributed by atoms with van der Waals surface area (Å²) in [6.45, 7) is 5.18. The molecular weight excluding hydrogens is 275 g/mol. The number of hydrogen-bond donors (Lipinski definition) is 3. The number of benzene rings is 1. The van der Waals surface area contributed by atoms with Gasteiger partial charge in [0.2, 0.25) is 5.91 Å². The molecule has 3 N–H and O–H groups in total. The van der Waals surface area contributed by atoms with Gasteiger partial charge in [-0.25, -0.2) is 4.39 Å². The number of rotatable bonds is 6.